The standard InChI is InChI=1S/C24H29NO4/c1-6-25-20-15-21(28-5)19(16-10-8-7-9-11-16)14-17(20)12-13-18(22(25)26)23(27)29-24(2,3)4/h7-11,14-15,18H,6,12-13H2,1-5H3. The number of methoxy groups -OCH3 is 1. The molecule has 1 heterocycles. The second-order valence-electron chi connectivity index (χ2n) is 8.25. The van der Waals surface area contributed by atoms with Crippen LogP contribution in [0.5, 0.6) is 5.75 Å². The molecule has 0 bridgehead atoms. The molecule has 1 amide bonds. The van der Waals surface area contributed by atoms with Gasteiger partial charge < -0.3 is 14.4 Å². The molecule has 0 fully saturated rings. The normalized spacial score (nSPS) is 16.8. The summed E-state index contributed by atoms with van der Waals surface area (Å²) in [4.78, 5) is 27.6. The highest BCUT2D eigenvalue weighted by Gasteiger charge is 2.37. The van der Waals surface area contributed by atoms with Crippen LogP contribution in [0.3, 0.4) is 0 Å². The Morgan fingerprint density at radius 1 is 1.17 bits per heavy atom. The van der Waals surface area contributed by atoms with Gasteiger partial charge in [0.15, 0.2) is 0 Å². The van der Waals surface area contributed by atoms with Gasteiger partial charge in [-0.15, -0.1) is 0 Å². The molecule has 2 aromatic carbocycles. The number of nitrogens with zero attached hydrogens (tertiary/aromatic N) is 1. The van der Waals surface area contributed by atoms with E-state index in [4.69, 9.17) is 9.47 Å². The van der Waals surface area contributed by atoms with Gasteiger partial charge in [0.05, 0.1) is 12.8 Å². The molecule has 1 aliphatic rings. The van der Waals surface area contributed by atoms with E-state index < -0.39 is 17.5 Å². The number of fused-ring (bicyclic) bond motifs is 1. The molecule has 1 aliphatic heterocycles. The minimum Gasteiger partial charge on any atom is -0.496 e. The molecule has 29 heavy (non-hydrogen) atoms. The van der Waals surface area contributed by atoms with Gasteiger partial charge in [0.1, 0.15) is 17.3 Å². The lowest BCUT2D eigenvalue weighted by atomic mass is 9.96. The summed E-state index contributed by atoms with van der Waals surface area (Å²) in [7, 11) is 1.63. The van der Waals surface area contributed by atoms with Crippen LogP contribution in [-0.4, -0.2) is 31.1 Å². The van der Waals surface area contributed by atoms with E-state index in [0.29, 0.717) is 25.1 Å². The van der Waals surface area contributed by atoms with Crippen LogP contribution in [0.15, 0.2) is 42.5 Å². The van der Waals surface area contributed by atoms with Gasteiger partial charge in [-0.25, -0.2) is 0 Å². The second kappa shape index (κ2) is 8.27. The highest BCUT2D eigenvalue weighted by Crippen LogP contribution is 2.39. The Kier molecular flexibility index (Phi) is 5.96. The Hall–Kier alpha value is -2.82. The van der Waals surface area contributed by atoms with Gasteiger partial charge in [0.25, 0.3) is 0 Å². The molecule has 0 saturated carbocycles. The van der Waals surface area contributed by atoms with Gasteiger partial charge in [0.2, 0.25) is 5.91 Å². The van der Waals surface area contributed by atoms with Crippen LogP contribution in [0, 0.1) is 5.92 Å². The SMILES string of the molecule is CCN1C(=O)C(C(=O)OC(C)(C)C)CCc2cc(-c3ccccc3)c(OC)cc21. The lowest BCUT2D eigenvalue weighted by Crippen LogP contribution is -2.41. The molecule has 0 aliphatic carbocycles. The van der Waals surface area contributed by atoms with Crippen molar-refractivity contribution >= 4 is 17.6 Å². The smallest absolute Gasteiger partial charge is 0.319 e. The molecule has 0 radical (unpaired) electrons. The van der Waals surface area contributed by atoms with E-state index in [9.17, 15) is 9.59 Å². The fourth-order valence-corrected chi connectivity index (χ4v) is 3.73. The molecule has 0 spiro atoms. The third-order valence-electron chi connectivity index (χ3n) is 5.05. The maximum atomic E-state index is 13.2. The second-order valence-corrected chi connectivity index (χ2v) is 8.25. The number of amides is 1. The fourth-order valence-electron chi connectivity index (χ4n) is 3.73. The van der Waals surface area contributed by atoms with Crippen LogP contribution in [0.2, 0.25) is 0 Å². The Morgan fingerprint density at radius 3 is 2.45 bits per heavy atom. The summed E-state index contributed by atoms with van der Waals surface area (Å²) in [6.07, 6.45) is 1.04. The summed E-state index contributed by atoms with van der Waals surface area (Å²) >= 11 is 0. The van der Waals surface area contributed by atoms with E-state index in [2.05, 4.69) is 6.07 Å². The van der Waals surface area contributed by atoms with Crippen molar-refractivity contribution in [2.45, 2.75) is 46.1 Å². The van der Waals surface area contributed by atoms with E-state index in [-0.39, 0.29) is 5.91 Å². The predicted molar refractivity (Wildman–Crippen MR) is 114 cm³/mol. The summed E-state index contributed by atoms with van der Waals surface area (Å²) in [5.41, 5.74) is 3.24. The van der Waals surface area contributed by atoms with Crippen LogP contribution in [0.25, 0.3) is 11.1 Å². The van der Waals surface area contributed by atoms with Gasteiger partial charge in [-0.2, -0.15) is 0 Å². The van der Waals surface area contributed by atoms with Gasteiger partial charge in [0, 0.05) is 18.2 Å². The van der Waals surface area contributed by atoms with E-state index in [0.717, 1.165) is 22.4 Å². The molecule has 2 aromatic rings. The van der Waals surface area contributed by atoms with Crippen molar-refractivity contribution in [3.63, 3.8) is 0 Å². The highest BCUT2D eigenvalue weighted by molar-refractivity contribution is 6.07. The number of rotatable bonds is 4. The van der Waals surface area contributed by atoms with Crippen molar-refractivity contribution in [3.05, 3.63) is 48.0 Å². The summed E-state index contributed by atoms with van der Waals surface area (Å²) in [6, 6.07) is 14.0. The quantitative estimate of drug-likeness (QED) is 0.560. The number of esters is 1. The molecule has 154 valence electrons. The Labute approximate surface area is 172 Å². The first kappa shape index (κ1) is 20.9. The van der Waals surface area contributed by atoms with Gasteiger partial charge in [-0.3, -0.25) is 9.59 Å². The van der Waals surface area contributed by atoms with E-state index in [1.807, 2.05) is 64.1 Å². The Morgan fingerprint density at radius 2 is 1.86 bits per heavy atom. The molecule has 5 nitrogen and oxygen atoms in total. The lowest BCUT2D eigenvalue weighted by molar-refractivity contribution is -0.162. The van der Waals surface area contributed by atoms with E-state index in [1.165, 1.54) is 0 Å². The summed E-state index contributed by atoms with van der Waals surface area (Å²) in [5, 5.41) is 0. The summed E-state index contributed by atoms with van der Waals surface area (Å²) in [5.74, 6) is -0.760. The van der Waals surface area contributed by atoms with Crippen molar-refractivity contribution in [3.8, 4) is 16.9 Å². The van der Waals surface area contributed by atoms with Crippen LogP contribution < -0.4 is 9.64 Å². The molecular weight excluding hydrogens is 366 g/mol. The van der Waals surface area contributed by atoms with Crippen LogP contribution in [-0.2, 0) is 20.7 Å². The van der Waals surface area contributed by atoms with E-state index in [1.54, 1.807) is 12.0 Å². The largest absolute Gasteiger partial charge is 0.496 e. The molecule has 0 aromatic heterocycles. The molecule has 5 heteroatoms. The molecule has 0 saturated heterocycles. The average molecular weight is 395 g/mol. The first-order chi connectivity index (χ1) is 13.7. The predicted octanol–water partition coefficient (Wildman–Crippen LogP) is 4.62. The number of anilines is 1. The van der Waals surface area contributed by atoms with E-state index >= 15 is 0 Å². The maximum Gasteiger partial charge on any atom is 0.319 e. The molecule has 1 atom stereocenters. The minimum atomic E-state index is -0.798. The van der Waals surface area contributed by atoms with Crippen LogP contribution in [0.4, 0.5) is 5.69 Å². The number of hydrogen-bond acceptors (Lipinski definition) is 4. The topological polar surface area (TPSA) is 55.8 Å². The Balaban J connectivity index is 2.03. The number of hydrogen-bond donors (Lipinski definition) is 0. The van der Waals surface area contributed by atoms with Gasteiger partial charge in [-0.1, -0.05) is 30.3 Å². The van der Waals surface area contributed by atoms with Crippen molar-refractivity contribution in [2.75, 3.05) is 18.6 Å². The van der Waals surface area contributed by atoms with Crippen molar-refractivity contribution in [1.29, 1.82) is 0 Å². The van der Waals surface area contributed by atoms with Crippen molar-refractivity contribution in [1.82, 2.24) is 0 Å². The monoisotopic (exact) mass is 395 g/mol. The van der Waals surface area contributed by atoms with Crippen LogP contribution in [0.1, 0.15) is 39.7 Å². The first-order valence-corrected chi connectivity index (χ1v) is 10.1. The maximum absolute atomic E-state index is 13.2. The zero-order valence-corrected chi connectivity index (χ0v) is 17.8. The van der Waals surface area contributed by atoms with Crippen LogP contribution >= 0.6 is 0 Å². The average Bonchev–Trinajstić information content (AvgIpc) is 2.81. The number of aryl methyl sites for hydroxylation is 1. The zero-order valence-electron chi connectivity index (χ0n) is 17.8. The minimum absolute atomic E-state index is 0.213. The molecular formula is C24H29NO4. The van der Waals surface area contributed by atoms with Gasteiger partial charge >= 0.3 is 5.97 Å². The lowest BCUT2D eigenvalue weighted by Gasteiger charge is -2.27. The number of carbonyl (C=O) groups is 2. The number of benzene rings is 2. The first-order valence-electron chi connectivity index (χ1n) is 10.1. The molecule has 0 N–H and O–H groups in total. The number of ether oxygens (including phenoxy) is 2. The highest BCUT2D eigenvalue weighted by atomic mass is 16.6. The fraction of sp³-hybridized carbons (Fsp3) is 0.417. The van der Waals surface area contributed by atoms with Crippen molar-refractivity contribution < 1.29 is 19.1 Å². The van der Waals surface area contributed by atoms with Crippen molar-refractivity contribution in [2.24, 2.45) is 5.92 Å². The molecule has 1 unspecified atom stereocenters. The zero-order chi connectivity index (χ0) is 21.2. The molecule has 3 rings (SSSR count). The Bertz CT molecular complexity index is 899. The third-order valence-corrected chi connectivity index (χ3v) is 5.05. The number of carbonyl (C=O) groups excluding carboxylic acids is 2. The van der Waals surface area contributed by atoms with Gasteiger partial charge in [-0.05, 0) is 57.7 Å². The third kappa shape index (κ3) is 4.44. The summed E-state index contributed by atoms with van der Waals surface area (Å²) < 4.78 is 11.2. The summed E-state index contributed by atoms with van der Waals surface area (Å²) in [6.45, 7) is 7.83.